The molecule has 0 fully saturated rings. The molecule has 0 aliphatic carbocycles. The van der Waals surface area contributed by atoms with Crippen LogP contribution in [0, 0.1) is 0 Å². The van der Waals surface area contributed by atoms with Crippen LogP contribution in [0.15, 0.2) is 28.7 Å². The van der Waals surface area contributed by atoms with Crippen LogP contribution in [0.25, 0.3) is 0 Å². The third-order valence-electron chi connectivity index (χ3n) is 2.99. The molecule has 1 rings (SSSR count). The second-order valence-corrected chi connectivity index (χ2v) is 4.93. The van der Waals surface area contributed by atoms with E-state index in [0.29, 0.717) is 12.8 Å². The second kappa shape index (κ2) is 5.60. The highest BCUT2D eigenvalue weighted by Gasteiger charge is 2.30. The van der Waals surface area contributed by atoms with Gasteiger partial charge in [0, 0.05) is 18.0 Å². The van der Waals surface area contributed by atoms with Crippen LogP contribution in [0.4, 0.5) is 0 Å². The predicted octanol–water partition coefficient (Wildman–Crippen LogP) is 3.38. The molecule has 1 aromatic carbocycles. The average molecular weight is 285 g/mol. The molecule has 0 bridgehead atoms. The van der Waals surface area contributed by atoms with Crippen molar-refractivity contribution in [2.24, 2.45) is 0 Å². The molecule has 0 aliphatic rings. The molecule has 1 aromatic rings. The summed E-state index contributed by atoms with van der Waals surface area (Å²) >= 11 is 3.37. The fraction of sp³-hybridized carbons (Fsp3) is 0.462. The molecule has 88 valence electrons. The molecule has 16 heavy (non-hydrogen) atoms. The van der Waals surface area contributed by atoms with Crippen molar-refractivity contribution >= 4 is 21.7 Å². The molecule has 0 amide bonds. The van der Waals surface area contributed by atoms with Gasteiger partial charge in [-0.05, 0) is 31.0 Å². The van der Waals surface area contributed by atoms with Gasteiger partial charge in [0.05, 0.1) is 0 Å². The van der Waals surface area contributed by atoms with Crippen molar-refractivity contribution in [3.63, 3.8) is 0 Å². The van der Waals surface area contributed by atoms with E-state index in [2.05, 4.69) is 15.9 Å². The first-order valence-corrected chi connectivity index (χ1v) is 6.14. The van der Waals surface area contributed by atoms with Crippen molar-refractivity contribution in [2.45, 2.75) is 32.3 Å². The summed E-state index contributed by atoms with van der Waals surface area (Å²) in [6.45, 7) is 3.80. The third kappa shape index (κ3) is 3.16. The number of hydrogen-bond acceptors (Lipinski definition) is 2. The molecule has 2 nitrogen and oxygen atoms in total. The topological polar surface area (TPSA) is 26.3 Å². The molecule has 1 unspecified atom stereocenters. The minimum atomic E-state index is -0.660. The van der Waals surface area contributed by atoms with Gasteiger partial charge in [-0.25, -0.2) is 0 Å². The molecule has 0 spiro atoms. The van der Waals surface area contributed by atoms with Gasteiger partial charge in [0.1, 0.15) is 5.60 Å². The molecular weight excluding hydrogens is 268 g/mol. The Bertz CT molecular complexity index is 353. The monoisotopic (exact) mass is 284 g/mol. The summed E-state index contributed by atoms with van der Waals surface area (Å²) in [5.41, 5.74) is 0.359. The zero-order chi connectivity index (χ0) is 12.2. The summed E-state index contributed by atoms with van der Waals surface area (Å²) < 4.78 is 6.31. The second-order valence-electron chi connectivity index (χ2n) is 4.01. The van der Waals surface area contributed by atoms with Gasteiger partial charge in [0.15, 0.2) is 5.78 Å². The number of halogens is 1. The Hall–Kier alpha value is -0.670. The molecule has 3 heteroatoms. The standard InChI is InChI=1S/C13H17BrO2/c1-4-13(2,16-3)12(15)9-10-5-7-11(14)8-6-10/h5-8H,4,9H2,1-3H3. The normalized spacial score (nSPS) is 14.5. The SMILES string of the molecule is CCC(C)(OC)C(=O)Cc1ccc(Br)cc1. The molecule has 0 aliphatic heterocycles. The number of ether oxygens (including phenoxy) is 1. The van der Waals surface area contributed by atoms with Crippen LogP contribution in [0.2, 0.25) is 0 Å². The molecule has 0 saturated carbocycles. The van der Waals surface area contributed by atoms with Gasteiger partial charge in [0.25, 0.3) is 0 Å². The van der Waals surface area contributed by atoms with Crippen molar-refractivity contribution in [3.05, 3.63) is 34.3 Å². The first-order chi connectivity index (χ1) is 7.51. The largest absolute Gasteiger partial charge is 0.371 e. The first-order valence-electron chi connectivity index (χ1n) is 5.34. The van der Waals surface area contributed by atoms with E-state index >= 15 is 0 Å². The Morgan fingerprint density at radius 3 is 2.38 bits per heavy atom. The van der Waals surface area contributed by atoms with Crippen LogP contribution in [0.3, 0.4) is 0 Å². The molecule has 1 atom stereocenters. The van der Waals surface area contributed by atoms with Gasteiger partial charge in [-0.2, -0.15) is 0 Å². The quantitative estimate of drug-likeness (QED) is 0.829. The van der Waals surface area contributed by atoms with E-state index < -0.39 is 5.60 Å². The maximum atomic E-state index is 12.0. The van der Waals surface area contributed by atoms with E-state index in [4.69, 9.17) is 4.74 Å². The zero-order valence-corrected chi connectivity index (χ0v) is 11.5. The maximum Gasteiger partial charge on any atom is 0.168 e. The summed E-state index contributed by atoms with van der Waals surface area (Å²) in [6, 6.07) is 7.79. The highest BCUT2D eigenvalue weighted by molar-refractivity contribution is 9.10. The van der Waals surface area contributed by atoms with Crippen LogP contribution >= 0.6 is 15.9 Å². The number of carbonyl (C=O) groups is 1. The number of Topliss-reactive ketones (excluding diaryl/α,β-unsaturated/α-hetero) is 1. The fourth-order valence-electron chi connectivity index (χ4n) is 1.43. The van der Waals surface area contributed by atoms with Crippen molar-refractivity contribution < 1.29 is 9.53 Å². The lowest BCUT2D eigenvalue weighted by atomic mass is 9.92. The number of hydrogen-bond donors (Lipinski definition) is 0. The van der Waals surface area contributed by atoms with Crippen molar-refractivity contribution in [1.82, 2.24) is 0 Å². The minimum Gasteiger partial charge on any atom is -0.371 e. The number of benzene rings is 1. The van der Waals surface area contributed by atoms with Gasteiger partial charge in [-0.15, -0.1) is 0 Å². The van der Waals surface area contributed by atoms with Crippen LogP contribution in [-0.4, -0.2) is 18.5 Å². The zero-order valence-electron chi connectivity index (χ0n) is 9.92. The van der Waals surface area contributed by atoms with Crippen LogP contribution in [-0.2, 0) is 16.0 Å². The van der Waals surface area contributed by atoms with Crippen LogP contribution in [0.5, 0.6) is 0 Å². The number of methoxy groups -OCH3 is 1. The number of ketones is 1. The number of carbonyl (C=O) groups excluding carboxylic acids is 1. The molecular formula is C13H17BrO2. The number of rotatable bonds is 5. The van der Waals surface area contributed by atoms with Gasteiger partial charge in [-0.1, -0.05) is 35.0 Å². The summed E-state index contributed by atoms with van der Waals surface area (Å²) in [6.07, 6.45) is 1.12. The smallest absolute Gasteiger partial charge is 0.168 e. The molecule has 0 saturated heterocycles. The molecule has 0 radical (unpaired) electrons. The van der Waals surface area contributed by atoms with Crippen molar-refractivity contribution in [2.75, 3.05) is 7.11 Å². The first kappa shape index (κ1) is 13.4. The van der Waals surface area contributed by atoms with E-state index in [0.717, 1.165) is 10.0 Å². The van der Waals surface area contributed by atoms with Gasteiger partial charge < -0.3 is 4.74 Å². The van der Waals surface area contributed by atoms with E-state index in [9.17, 15) is 4.79 Å². The maximum absolute atomic E-state index is 12.0. The average Bonchev–Trinajstić information content (AvgIpc) is 2.31. The Morgan fingerprint density at radius 2 is 1.94 bits per heavy atom. The van der Waals surface area contributed by atoms with Crippen LogP contribution < -0.4 is 0 Å². The lowest BCUT2D eigenvalue weighted by molar-refractivity contribution is -0.138. The lowest BCUT2D eigenvalue weighted by Gasteiger charge is -2.24. The van der Waals surface area contributed by atoms with Crippen molar-refractivity contribution in [3.8, 4) is 0 Å². The Labute approximate surface area is 105 Å². The lowest BCUT2D eigenvalue weighted by Crippen LogP contribution is -2.37. The van der Waals surface area contributed by atoms with E-state index in [1.807, 2.05) is 38.1 Å². The third-order valence-corrected chi connectivity index (χ3v) is 3.52. The summed E-state index contributed by atoms with van der Waals surface area (Å²) in [4.78, 5) is 12.0. The molecule has 0 N–H and O–H groups in total. The van der Waals surface area contributed by atoms with Crippen LogP contribution in [0.1, 0.15) is 25.8 Å². The Balaban J connectivity index is 2.74. The van der Waals surface area contributed by atoms with Gasteiger partial charge in [0.2, 0.25) is 0 Å². The summed E-state index contributed by atoms with van der Waals surface area (Å²) in [7, 11) is 1.59. The van der Waals surface area contributed by atoms with E-state index in [-0.39, 0.29) is 5.78 Å². The Morgan fingerprint density at radius 1 is 1.38 bits per heavy atom. The summed E-state index contributed by atoms with van der Waals surface area (Å²) in [5.74, 6) is 0.125. The minimum absolute atomic E-state index is 0.125. The van der Waals surface area contributed by atoms with Gasteiger partial charge >= 0.3 is 0 Å². The van der Waals surface area contributed by atoms with E-state index in [1.54, 1.807) is 7.11 Å². The van der Waals surface area contributed by atoms with E-state index in [1.165, 1.54) is 0 Å². The molecule has 0 aromatic heterocycles. The summed E-state index contributed by atoms with van der Waals surface area (Å²) in [5, 5.41) is 0. The predicted molar refractivity (Wildman–Crippen MR) is 68.6 cm³/mol. The fourth-order valence-corrected chi connectivity index (χ4v) is 1.69. The molecule has 0 heterocycles. The highest BCUT2D eigenvalue weighted by atomic mass is 79.9. The van der Waals surface area contributed by atoms with Crippen molar-refractivity contribution in [1.29, 1.82) is 0 Å². The van der Waals surface area contributed by atoms with Gasteiger partial charge in [-0.3, -0.25) is 4.79 Å². The Kier molecular flexibility index (Phi) is 4.69. The highest BCUT2D eigenvalue weighted by Crippen LogP contribution is 2.19.